The minimum absolute atomic E-state index is 0.196. The molecule has 0 atom stereocenters. The van der Waals surface area contributed by atoms with E-state index in [0.717, 1.165) is 0 Å². The third kappa shape index (κ3) is 3.36. The summed E-state index contributed by atoms with van der Waals surface area (Å²) in [6, 6.07) is 4.95. The maximum absolute atomic E-state index is 12.5. The van der Waals surface area contributed by atoms with E-state index in [4.69, 9.17) is 4.74 Å². The van der Waals surface area contributed by atoms with Crippen molar-refractivity contribution in [1.29, 1.82) is 0 Å². The Morgan fingerprint density at radius 2 is 2.04 bits per heavy atom. The molecule has 8 nitrogen and oxygen atoms in total. The molecule has 2 aromatic heterocycles. The zero-order valence-electron chi connectivity index (χ0n) is 13.2. The van der Waals surface area contributed by atoms with Crippen LogP contribution in [0.15, 0.2) is 34.0 Å². The van der Waals surface area contributed by atoms with Gasteiger partial charge in [-0.3, -0.25) is 4.79 Å². The van der Waals surface area contributed by atoms with Gasteiger partial charge in [0.15, 0.2) is 0 Å². The van der Waals surface area contributed by atoms with E-state index in [2.05, 4.69) is 5.10 Å². The molecule has 0 N–H and O–H groups in total. The Labute approximate surface area is 144 Å². The molecule has 0 radical (unpaired) electrons. The summed E-state index contributed by atoms with van der Waals surface area (Å²) in [5, 5.41) is 5.89. The molecule has 0 aliphatic carbocycles. The minimum Gasteiger partial charge on any atom is -0.362 e. The van der Waals surface area contributed by atoms with Crippen LogP contribution in [0.4, 0.5) is 0 Å². The maximum atomic E-state index is 12.5. The first-order chi connectivity index (χ1) is 11.5. The largest absolute Gasteiger partial charge is 0.362 e. The lowest BCUT2D eigenvalue weighted by atomic mass is 10.3. The van der Waals surface area contributed by atoms with Crippen molar-refractivity contribution in [2.24, 2.45) is 0 Å². The summed E-state index contributed by atoms with van der Waals surface area (Å²) in [6.07, 6.45) is 1.67. The fraction of sp³-hybridized carbons (Fsp3) is 0.429. The van der Waals surface area contributed by atoms with Gasteiger partial charge < -0.3 is 9.64 Å². The molecule has 130 valence electrons. The monoisotopic (exact) mass is 370 g/mol. The number of methoxy groups -OCH3 is 1. The smallest absolute Gasteiger partial charge is 0.274 e. The third-order valence-electron chi connectivity index (χ3n) is 3.74. The van der Waals surface area contributed by atoms with Gasteiger partial charge in [-0.25, -0.2) is 13.1 Å². The number of hydrogen-bond acceptors (Lipinski definition) is 6. The lowest BCUT2D eigenvalue weighted by Gasteiger charge is -2.33. The number of piperazine rings is 1. The second-order valence-electron chi connectivity index (χ2n) is 5.29. The van der Waals surface area contributed by atoms with Crippen LogP contribution in [0.25, 0.3) is 0 Å². The van der Waals surface area contributed by atoms with E-state index in [0.29, 0.717) is 23.0 Å². The van der Waals surface area contributed by atoms with Gasteiger partial charge in [-0.2, -0.15) is 9.40 Å². The Bertz CT molecular complexity index is 793. The molecule has 24 heavy (non-hydrogen) atoms. The fourth-order valence-electron chi connectivity index (χ4n) is 2.51. The minimum atomic E-state index is -3.46. The van der Waals surface area contributed by atoms with Crippen molar-refractivity contribution in [2.75, 3.05) is 33.3 Å². The van der Waals surface area contributed by atoms with Gasteiger partial charge >= 0.3 is 0 Å². The first-order valence-electron chi connectivity index (χ1n) is 7.37. The Morgan fingerprint density at radius 1 is 1.29 bits per heavy atom. The molecule has 1 amide bonds. The van der Waals surface area contributed by atoms with E-state index in [1.54, 1.807) is 41.8 Å². The number of aromatic nitrogens is 2. The summed E-state index contributed by atoms with van der Waals surface area (Å²) in [4.78, 5) is 14.1. The molecule has 1 aliphatic heterocycles. The number of sulfonamides is 1. The zero-order chi connectivity index (χ0) is 17.2. The Kier molecular flexibility index (Phi) is 4.99. The van der Waals surface area contributed by atoms with Crippen molar-refractivity contribution < 1.29 is 17.9 Å². The van der Waals surface area contributed by atoms with Crippen LogP contribution in [-0.4, -0.2) is 66.6 Å². The highest BCUT2D eigenvalue weighted by Gasteiger charge is 2.31. The second-order valence-corrected chi connectivity index (χ2v) is 8.40. The molecule has 0 aromatic carbocycles. The first kappa shape index (κ1) is 17.1. The van der Waals surface area contributed by atoms with Crippen molar-refractivity contribution >= 4 is 27.3 Å². The van der Waals surface area contributed by atoms with Crippen LogP contribution in [0.2, 0.25) is 0 Å². The topological polar surface area (TPSA) is 84.7 Å². The average Bonchev–Trinajstić information content (AvgIpc) is 3.27. The number of hydrogen-bond donors (Lipinski definition) is 0. The molecule has 1 saturated heterocycles. The van der Waals surface area contributed by atoms with Crippen LogP contribution >= 0.6 is 11.3 Å². The number of thiophene rings is 1. The van der Waals surface area contributed by atoms with Gasteiger partial charge in [-0.1, -0.05) is 6.07 Å². The molecule has 0 bridgehead atoms. The maximum Gasteiger partial charge on any atom is 0.274 e. The SMILES string of the molecule is COCn1ccc(C(=O)N2CCN(S(=O)(=O)c3cccs3)CC2)n1. The number of nitrogens with zero attached hydrogens (tertiary/aromatic N) is 4. The van der Waals surface area contributed by atoms with E-state index in [1.165, 1.54) is 20.3 Å². The predicted octanol–water partition coefficient (Wildman–Crippen LogP) is 0.695. The van der Waals surface area contributed by atoms with Gasteiger partial charge in [0.05, 0.1) is 0 Å². The van der Waals surface area contributed by atoms with Crippen LogP contribution < -0.4 is 0 Å². The van der Waals surface area contributed by atoms with E-state index in [1.807, 2.05) is 0 Å². The van der Waals surface area contributed by atoms with Crippen LogP contribution in [0.1, 0.15) is 10.5 Å². The van der Waals surface area contributed by atoms with Crippen molar-refractivity contribution in [3.05, 3.63) is 35.5 Å². The summed E-state index contributed by atoms with van der Waals surface area (Å²) in [7, 11) is -1.91. The normalized spacial score (nSPS) is 16.5. The molecule has 2 aromatic rings. The Hall–Kier alpha value is -1.75. The highest BCUT2D eigenvalue weighted by atomic mass is 32.2. The summed E-state index contributed by atoms with van der Waals surface area (Å²) < 4.78 is 33.2. The first-order valence-corrected chi connectivity index (χ1v) is 9.69. The molecular weight excluding hydrogens is 352 g/mol. The van der Waals surface area contributed by atoms with Gasteiger partial charge in [0.25, 0.3) is 15.9 Å². The fourth-order valence-corrected chi connectivity index (χ4v) is 5.08. The van der Waals surface area contributed by atoms with Gasteiger partial charge in [-0.15, -0.1) is 11.3 Å². The Balaban J connectivity index is 1.63. The highest BCUT2D eigenvalue weighted by molar-refractivity contribution is 7.91. The van der Waals surface area contributed by atoms with Crippen molar-refractivity contribution in [3.63, 3.8) is 0 Å². The van der Waals surface area contributed by atoms with Crippen LogP contribution in [0.3, 0.4) is 0 Å². The molecule has 0 unspecified atom stereocenters. The van der Waals surface area contributed by atoms with Crippen LogP contribution in [0, 0.1) is 0 Å². The summed E-state index contributed by atoms with van der Waals surface area (Å²) in [5.74, 6) is -0.196. The molecule has 1 fully saturated rings. The number of amides is 1. The standard InChI is InChI=1S/C14H18N4O4S2/c1-22-11-17-5-4-12(15-17)14(19)16-6-8-18(9-7-16)24(20,21)13-3-2-10-23-13/h2-5,10H,6-9,11H2,1H3. The van der Waals surface area contributed by atoms with Crippen molar-refractivity contribution in [3.8, 4) is 0 Å². The third-order valence-corrected chi connectivity index (χ3v) is 7.01. The van der Waals surface area contributed by atoms with E-state index < -0.39 is 10.0 Å². The lowest BCUT2D eigenvalue weighted by Crippen LogP contribution is -2.50. The molecule has 0 spiro atoms. The van der Waals surface area contributed by atoms with E-state index >= 15 is 0 Å². The van der Waals surface area contributed by atoms with Crippen LogP contribution in [-0.2, 0) is 21.5 Å². The van der Waals surface area contributed by atoms with Gasteiger partial charge in [0, 0.05) is 39.5 Å². The number of carbonyl (C=O) groups excluding carboxylic acids is 1. The molecule has 0 saturated carbocycles. The lowest BCUT2D eigenvalue weighted by molar-refractivity contribution is 0.0687. The quantitative estimate of drug-likeness (QED) is 0.773. The highest BCUT2D eigenvalue weighted by Crippen LogP contribution is 2.22. The molecule has 3 heterocycles. The average molecular weight is 370 g/mol. The second kappa shape index (κ2) is 7.01. The van der Waals surface area contributed by atoms with Gasteiger partial charge in [0.1, 0.15) is 16.6 Å². The summed E-state index contributed by atoms with van der Waals surface area (Å²) in [6.45, 7) is 1.54. The molecule has 3 rings (SSSR count). The van der Waals surface area contributed by atoms with Crippen LogP contribution in [0.5, 0.6) is 0 Å². The van der Waals surface area contributed by atoms with Gasteiger partial charge in [-0.05, 0) is 17.5 Å². The number of rotatable bonds is 5. The van der Waals surface area contributed by atoms with Crippen molar-refractivity contribution in [2.45, 2.75) is 10.9 Å². The van der Waals surface area contributed by atoms with E-state index in [-0.39, 0.29) is 25.7 Å². The molecule has 1 aliphatic rings. The Morgan fingerprint density at radius 3 is 2.67 bits per heavy atom. The zero-order valence-corrected chi connectivity index (χ0v) is 14.8. The number of ether oxygens (including phenoxy) is 1. The predicted molar refractivity (Wildman–Crippen MR) is 88.2 cm³/mol. The molecule has 10 heteroatoms. The van der Waals surface area contributed by atoms with Crippen molar-refractivity contribution in [1.82, 2.24) is 19.0 Å². The van der Waals surface area contributed by atoms with Gasteiger partial charge in [0.2, 0.25) is 0 Å². The van der Waals surface area contributed by atoms with E-state index in [9.17, 15) is 13.2 Å². The number of carbonyl (C=O) groups is 1. The summed E-state index contributed by atoms with van der Waals surface area (Å²) >= 11 is 1.20. The molecular formula is C14H18N4O4S2. The summed E-state index contributed by atoms with van der Waals surface area (Å²) in [5.41, 5.74) is 0.335.